The van der Waals surface area contributed by atoms with Gasteiger partial charge < -0.3 is 4.90 Å². The molecule has 1 atom stereocenters. The molecule has 7 heteroatoms. The summed E-state index contributed by atoms with van der Waals surface area (Å²) in [5.74, 6) is 2.26. The first-order valence-electron chi connectivity index (χ1n) is 12.5. The third-order valence-corrected chi connectivity index (χ3v) is 7.45. The minimum Gasteiger partial charge on any atom is -0.332 e. The fourth-order valence-electron chi connectivity index (χ4n) is 5.66. The van der Waals surface area contributed by atoms with Gasteiger partial charge in [0.15, 0.2) is 5.82 Å². The van der Waals surface area contributed by atoms with E-state index in [-0.39, 0.29) is 24.3 Å². The molecular weight excluding hydrogens is 414 g/mol. The number of nitrogens with zero attached hydrogens (tertiary/aromatic N) is 5. The average Bonchev–Trinajstić information content (AvgIpc) is 3.32. The quantitative estimate of drug-likeness (QED) is 0.694. The monoisotopic (exact) mass is 447 g/mol. The van der Waals surface area contributed by atoms with Gasteiger partial charge in [-0.1, -0.05) is 25.3 Å². The Morgan fingerprint density at radius 1 is 1.06 bits per heavy atom. The molecule has 7 nitrogen and oxygen atoms in total. The van der Waals surface area contributed by atoms with Crippen molar-refractivity contribution in [1.82, 2.24) is 19.9 Å². The molecule has 5 rings (SSSR count). The van der Waals surface area contributed by atoms with E-state index in [1.165, 1.54) is 32.1 Å². The van der Waals surface area contributed by atoms with Crippen molar-refractivity contribution < 1.29 is 9.59 Å². The lowest BCUT2D eigenvalue weighted by Crippen LogP contribution is -2.41. The normalized spacial score (nSPS) is 21.4. The van der Waals surface area contributed by atoms with E-state index < -0.39 is 0 Å². The largest absolute Gasteiger partial charge is 0.332 e. The van der Waals surface area contributed by atoms with Crippen LogP contribution in [0.25, 0.3) is 0 Å². The van der Waals surface area contributed by atoms with Crippen LogP contribution in [0.1, 0.15) is 80.2 Å². The van der Waals surface area contributed by atoms with Crippen molar-refractivity contribution >= 4 is 17.6 Å². The van der Waals surface area contributed by atoms with E-state index in [2.05, 4.69) is 4.98 Å². The summed E-state index contributed by atoms with van der Waals surface area (Å²) in [7, 11) is 0. The van der Waals surface area contributed by atoms with Crippen LogP contribution < -0.4 is 4.90 Å². The van der Waals surface area contributed by atoms with Crippen LogP contribution in [0.5, 0.6) is 0 Å². The van der Waals surface area contributed by atoms with Crippen molar-refractivity contribution in [3.8, 4) is 0 Å². The van der Waals surface area contributed by atoms with E-state index in [0.717, 1.165) is 42.2 Å². The standard InChI is InChI=1S/C26H33N5O2/c1-18-21-12-13-23(32)31(17-19-8-3-2-4-9-19)26(21)29-25(28-18)22-11-7-15-30(22)24(33)16-20-10-5-6-14-27-20/h5-6,10,14,19,22H,2-4,7-9,11-13,15-17H2,1H3/t22-/m1/s1. The third kappa shape index (κ3) is 4.63. The molecule has 3 aliphatic rings. The highest BCUT2D eigenvalue weighted by molar-refractivity contribution is 5.95. The predicted molar refractivity (Wildman–Crippen MR) is 126 cm³/mol. The van der Waals surface area contributed by atoms with Crippen molar-refractivity contribution in [2.24, 2.45) is 5.92 Å². The third-order valence-electron chi connectivity index (χ3n) is 7.45. The fourth-order valence-corrected chi connectivity index (χ4v) is 5.66. The molecule has 2 aliphatic heterocycles. The molecule has 2 aromatic rings. The summed E-state index contributed by atoms with van der Waals surface area (Å²) in [5, 5.41) is 0. The predicted octanol–water partition coefficient (Wildman–Crippen LogP) is 3.95. The maximum atomic E-state index is 13.1. The Bertz CT molecular complexity index is 1020. The molecule has 2 fully saturated rings. The summed E-state index contributed by atoms with van der Waals surface area (Å²) in [6.45, 7) is 3.49. The molecule has 174 valence electrons. The zero-order valence-corrected chi connectivity index (χ0v) is 19.5. The molecular formula is C26H33N5O2. The van der Waals surface area contributed by atoms with Gasteiger partial charge in [0, 0.05) is 42.7 Å². The number of fused-ring (bicyclic) bond motifs is 1. The Balaban J connectivity index is 1.41. The van der Waals surface area contributed by atoms with Gasteiger partial charge in [-0.25, -0.2) is 9.97 Å². The summed E-state index contributed by atoms with van der Waals surface area (Å²) < 4.78 is 0. The van der Waals surface area contributed by atoms with Crippen LogP contribution in [-0.2, 0) is 22.4 Å². The summed E-state index contributed by atoms with van der Waals surface area (Å²) in [6.07, 6.45) is 11.2. The second kappa shape index (κ2) is 9.57. The topological polar surface area (TPSA) is 79.3 Å². The van der Waals surface area contributed by atoms with E-state index in [1.54, 1.807) is 6.20 Å². The zero-order valence-electron chi connectivity index (χ0n) is 19.5. The maximum absolute atomic E-state index is 13.1. The molecule has 2 amide bonds. The fraction of sp³-hybridized carbons (Fsp3) is 0.577. The summed E-state index contributed by atoms with van der Waals surface area (Å²) >= 11 is 0. The van der Waals surface area contributed by atoms with Gasteiger partial charge in [0.25, 0.3) is 0 Å². The highest BCUT2D eigenvalue weighted by atomic mass is 16.2. The summed E-state index contributed by atoms with van der Waals surface area (Å²) in [6, 6.07) is 5.51. The Labute approximate surface area is 195 Å². The van der Waals surface area contributed by atoms with Crippen LogP contribution in [-0.4, -0.2) is 44.8 Å². The molecule has 0 aromatic carbocycles. The first kappa shape index (κ1) is 22.0. The Kier molecular flexibility index (Phi) is 6.38. The number of aryl methyl sites for hydroxylation is 1. The van der Waals surface area contributed by atoms with Crippen LogP contribution in [0.15, 0.2) is 24.4 Å². The van der Waals surface area contributed by atoms with Crippen LogP contribution in [0.3, 0.4) is 0 Å². The number of carbonyl (C=O) groups is 2. The van der Waals surface area contributed by atoms with Gasteiger partial charge >= 0.3 is 0 Å². The van der Waals surface area contributed by atoms with Gasteiger partial charge in [-0.05, 0) is 57.1 Å². The summed E-state index contributed by atoms with van der Waals surface area (Å²) in [4.78, 5) is 44.0. The SMILES string of the molecule is Cc1nc([C@H]2CCCN2C(=O)Cc2ccccn2)nc2c1CCC(=O)N2CC1CCCCC1. The van der Waals surface area contributed by atoms with Gasteiger partial charge in [-0.15, -0.1) is 0 Å². The maximum Gasteiger partial charge on any atom is 0.229 e. The molecule has 0 unspecified atom stereocenters. The smallest absolute Gasteiger partial charge is 0.229 e. The lowest BCUT2D eigenvalue weighted by atomic mass is 9.88. The molecule has 33 heavy (non-hydrogen) atoms. The lowest BCUT2D eigenvalue weighted by molar-refractivity contribution is -0.131. The second-order valence-electron chi connectivity index (χ2n) is 9.72. The van der Waals surface area contributed by atoms with Crippen molar-refractivity contribution in [1.29, 1.82) is 0 Å². The van der Waals surface area contributed by atoms with Gasteiger partial charge in [-0.2, -0.15) is 0 Å². The minimum atomic E-state index is -0.140. The first-order valence-corrected chi connectivity index (χ1v) is 12.5. The number of likely N-dealkylation sites (tertiary alicyclic amines) is 1. The number of pyridine rings is 1. The molecule has 0 bridgehead atoms. The highest BCUT2D eigenvalue weighted by Crippen LogP contribution is 2.36. The Hall–Kier alpha value is -2.83. The van der Waals surface area contributed by atoms with E-state index in [1.807, 2.05) is 34.9 Å². The number of hydrogen-bond donors (Lipinski definition) is 0. The number of carbonyl (C=O) groups excluding carboxylic acids is 2. The second-order valence-corrected chi connectivity index (χ2v) is 9.72. The number of rotatable bonds is 5. The Morgan fingerprint density at radius 2 is 1.91 bits per heavy atom. The number of amides is 2. The molecule has 4 heterocycles. The molecule has 1 saturated heterocycles. The average molecular weight is 448 g/mol. The van der Waals surface area contributed by atoms with E-state index in [4.69, 9.17) is 9.97 Å². The van der Waals surface area contributed by atoms with Crippen LogP contribution >= 0.6 is 0 Å². The molecule has 0 N–H and O–H groups in total. The van der Waals surface area contributed by atoms with Crippen LogP contribution in [0.2, 0.25) is 0 Å². The van der Waals surface area contributed by atoms with Gasteiger partial charge in [0.1, 0.15) is 5.82 Å². The van der Waals surface area contributed by atoms with Crippen LogP contribution in [0.4, 0.5) is 5.82 Å². The zero-order chi connectivity index (χ0) is 22.8. The number of hydrogen-bond acceptors (Lipinski definition) is 5. The van der Waals surface area contributed by atoms with Crippen molar-refractivity contribution in [2.75, 3.05) is 18.0 Å². The van der Waals surface area contributed by atoms with Gasteiger partial charge in [-0.3, -0.25) is 19.5 Å². The summed E-state index contributed by atoms with van der Waals surface area (Å²) in [5.41, 5.74) is 2.82. The molecule has 1 saturated carbocycles. The van der Waals surface area contributed by atoms with Crippen molar-refractivity contribution in [3.05, 3.63) is 47.2 Å². The molecule has 1 aliphatic carbocycles. The van der Waals surface area contributed by atoms with E-state index in [0.29, 0.717) is 31.1 Å². The van der Waals surface area contributed by atoms with E-state index in [9.17, 15) is 9.59 Å². The van der Waals surface area contributed by atoms with Crippen molar-refractivity contribution in [3.63, 3.8) is 0 Å². The molecule has 0 spiro atoms. The van der Waals surface area contributed by atoms with Gasteiger partial charge in [0.05, 0.1) is 12.5 Å². The van der Waals surface area contributed by atoms with Gasteiger partial charge in [0.2, 0.25) is 11.8 Å². The Morgan fingerprint density at radius 3 is 2.70 bits per heavy atom. The van der Waals surface area contributed by atoms with Crippen LogP contribution in [0, 0.1) is 12.8 Å². The highest BCUT2D eigenvalue weighted by Gasteiger charge is 2.35. The number of anilines is 1. The van der Waals surface area contributed by atoms with E-state index >= 15 is 0 Å². The number of aromatic nitrogens is 3. The molecule has 2 aromatic heterocycles. The van der Waals surface area contributed by atoms with Crippen molar-refractivity contribution in [2.45, 2.75) is 77.2 Å². The first-order chi connectivity index (χ1) is 16.1. The lowest BCUT2D eigenvalue weighted by Gasteiger charge is -2.34. The molecule has 0 radical (unpaired) electrons. The minimum absolute atomic E-state index is 0.0605.